The Balaban J connectivity index is 1.54. The number of fused-ring (bicyclic) bond motifs is 1. The van der Waals surface area contributed by atoms with E-state index in [4.69, 9.17) is 24.3 Å². The van der Waals surface area contributed by atoms with Crippen molar-refractivity contribution in [3.8, 4) is 11.8 Å². The number of nitriles is 1. The third-order valence-corrected chi connectivity index (χ3v) is 8.98. The van der Waals surface area contributed by atoms with Crippen molar-refractivity contribution < 1.29 is 38.1 Å². The first-order valence-electron chi connectivity index (χ1n) is 14.0. The van der Waals surface area contributed by atoms with Crippen molar-refractivity contribution in [3.63, 3.8) is 0 Å². The molecule has 1 unspecified atom stereocenters. The van der Waals surface area contributed by atoms with Crippen molar-refractivity contribution in [3.05, 3.63) is 54.5 Å². The Kier molecular flexibility index (Phi) is 10.7. The summed E-state index contributed by atoms with van der Waals surface area (Å²) in [6.45, 7) is 0.626. The molecule has 1 fully saturated rings. The second kappa shape index (κ2) is 14.3. The van der Waals surface area contributed by atoms with Gasteiger partial charge in [-0.1, -0.05) is 31.0 Å². The minimum Gasteiger partial charge on any atom is -0.461 e. The summed E-state index contributed by atoms with van der Waals surface area (Å²) < 4.78 is 37.7. The van der Waals surface area contributed by atoms with Gasteiger partial charge in [0.15, 0.2) is 5.82 Å². The molecule has 1 saturated carbocycles. The maximum absolute atomic E-state index is 14.0. The van der Waals surface area contributed by atoms with E-state index >= 15 is 0 Å². The van der Waals surface area contributed by atoms with E-state index in [0.29, 0.717) is 5.52 Å². The van der Waals surface area contributed by atoms with Crippen LogP contribution in [-0.4, -0.2) is 68.3 Å². The summed E-state index contributed by atoms with van der Waals surface area (Å²) >= 11 is 0. The fourth-order valence-corrected chi connectivity index (χ4v) is 6.35. The molecule has 1 aromatic carbocycles. The van der Waals surface area contributed by atoms with Gasteiger partial charge in [-0.25, -0.2) is 14.1 Å². The van der Waals surface area contributed by atoms with Crippen LogP contribution in [0.4, 0.5) is 5.82 Å². The number of para-hydroxylation sites is 1. The van der Waals surface area contributed by atoms with Crippen LogP contribution in [0.5, 0.6) is 5.75 Å². The molecule has 1 aliphatic rings. The summed E-state index contributed by atoms with van der Waals surface area (Å²) in [7, 11) is -3.30. The van der Waals surface area contributed by atoms with Crippen LogP contribution in [0, 0.1) is 11.3 Å². The smallest absolute Gasteiger partial charge is 0.459 e. The third-order valence-electron chi connectivity index (χ3n) is 7.35. The van der Waals surface area contributed by atoms with Gasteiger partial charge in [0.1, 0.15) is 54.6 Å². The van der Waals surface area contributed by atoms with Gasteiger partial charge >= 0.3 is 13.7 Å². The molecule has 15 heteroatoms. The Morgan fingerprint density at radius 1 is 1.21 bits per heavy atom. The van der Waals surface area contributed by atoms with Crippen LogP contribution in [0.3, 0.4) is 0 Å². The number of nitrogens with two attached hydrogens (primary N) is 1. The Labute approximate surface area is 249 Å². The predicted octanol–water partition coefficient (Wildman–Crippen LogP) is 3.06. The lowest BCUT2D eigenvalue weighted by molar-refractivity contribution is -0.151. The largest absolute Gasteiger partial charge is 0.461 e. The van der Waals surface area contributed by atoms with Gasteiger partial charge in [0.05, 0.1) is 5.69 Å². The second-order valence-electron chi connectivity index (χ2n) is 10.4. The summed E-state index contributed by atoms with van der Waals surface area (Å²) in [5, 5.41) is 39.0. The number of nitrogens with one attached hydrogen (secondary N) is 1. The number of nitrogens with zero attached hydrogens (tertiary/aromatic N) is 4. The average molecular weight is 617 g/mol. The first-order valence-corrected chi connectivity index (χ1v) is 15.5. The van der Waals surface area contributed by atoms with E-state index in [-0.39, 0.29) is 23.4 Å². The standard InChI is InChI=1S/C28H37N6O8P/c1-19(27(37)41-20-10-6-3-4-7-11-20)33-43(38,42-21-12-8-5-9-13-21)40-17-28(16-29,39-2)25(36)24(35)22-14-15-23-26(30)31-18-32-34(22)23/h5,8-9,12-15,18-20,24-25,35-36H,3-4,6-7,10-11,17H2,1-2H3,(H,33,38)(H2,30,31,32)/t19-,24-,25-,28+,43?/m0/s1. The quantitative estimate of drug-likeness (QED) is 0.124. The fraction of sp³-hybridized carbons (Fsp3) is 0.500. The number of hydrogen-bond acceptors (Lipinski definition) is 12. The van der Waals surface area contributed by atoms with Crippen LogP contribution >= 0.6 is 7.75 Å². The van der Waals surface area contributed by atoms with Crippen LogP contribution < -0.4 is 15.3 Å². The lowest BCUT2D eigenvalue weighted by atomic mass is 9.93. The summed E-state index contributed by atoms with van der Waals surface area (Å²) in [5.74, 6) is -0.344. The number of benzene rings is 1. The molecule has 14 nitrogen and oxygen atoms in total. The number of nitrogen functional groups attached to an aromatic ring is 1. The highest BCUT2D eigenvalue weighted by atomic mass is 31.2. The number of aliphatic hydroxyl groups is 2. The van der Waals surface area contributed by atoms with Gasteiger partial charge in [0, 0.05) is 7.11 Å². The number of esters is 1. The molecule has 0 saturated heterocycles. The lowest BCUT2D eigenvalue weighted by Gasteiger charge is -2.34. The number of rotatable bonds is 13. The van der Waals surface area contributed by atoms with E-state index in [1.807, 2.05) is 6.07 Å². The highest BCUT2D eigenvalue weighted by Crippen LogP contribution is 2.46. The average Bonchev–Trinajstić information content (AvgIpc) is 3.28. The molecule has 5 N–H and O–H groups in total. The van der Waals surface area contributed by atoms with Gasteiger partial charge in [0.2, 0.25) is 5.60 Å². The van der Waals surface area contributed by atoms with Crippen LogP contribution in [0.2, 0.25) is 0 Å². The number of aliphatic hydroxyl groups excluding tert-OH is 2. The van der Waals surface area contributed by atoms with Gasteiger partial charge in [0.25, 0.3) is 0 Å². The van der Waals surface area contributed by atoms with E-state index in [0.717, 1.165) is 45.6 Å². The molecule has 0 amide bonds. The minimum atomic E-state index is -4.43. The minimum absolute atomic E-state index is 0.0880. The first-order chi connectivity index (χ1) is 20.6. The van der Waals surface area contributed by atoms with Crippen LogP contribution in [0.25, 0.3) is 5.52 Å². The Bertz CT molecular complexity index is 1460. The Hall–Kier alpha value is -3.57. The molecule has 0 radical (unpaired) electrons. The molecule has 4 rings (SSSR count). The van der Waals surface area contributed by atoms with Gasteiger partial charge in [-0.15, -0.1) is 0 Å². The summed E-state index contributed by atoms with van der Waals surface area (Å²) in [4.78, 5) is 16.8. The lowest BCUT2D eigenvalue weighted by Crippen LogP contribution is -2.50. The predicted molar refractivity (Wildman–Crippen MR) is 155 cm³/mol. The van der Waals surface area contributed by atoms with E-state index in [2.05, 4.69) is 15.2 Å². The highest BCUT2D eigenvalue weighted by molar-refractivity contribution is 7.52. The van der Waals surface area contributed by atoms with Gasteiger partial charge < -0.3 is 29.9 Å². The molecular formula is C28H37N6O8P. The number of methoxy groups -OCH3 is 1. The maximum atomic E-state index is 14.0. The first kappa shape index (κ1) is 32.3. The van der Waals surface area contributed by atoms with Crippen molar-refractivity contribution in [1.29, 1.82) is 5.26 Å². The molecule has 43 heavy (non-hydrogen) atoms. The van der Waals surface area contributed by atoms with Crippen LogP contribution in [0.1, 0.15) is 57.2 Å². The van der Waals surface area contributed by atoms with Crippen LogP contribution in [0.15, 0.2) is 48.8 Å². The monoisotopic (exact) mass is 616 g/mol. The molecule has 0 spiro atoms. The summed E-state index contributed by atoms with van der Waals surface area (Å²) in [6, 6.07) is 11.8. The maximum Gasteiger partial charge on any atom is 0.459 e. The molecule has 3 aromatic rings. The van der Waals surface area contributed by atoms with Crippen LogP contribution in [-0.2, 0) is 23.4 Å². The van der Waals surface area contributed by atoms with Crippen molar-refractivity contribution in [2.75, 3.05) is 19.5 Å². The molecule has 2 heterocycles. The topological polar surface area (TPSA) is 204 Å². The molecule has 232 valence electrons. The summed E-state index contributed by atoms with van der Waals surface area (Å²) in [5.41, 5.74) is 4.08. The number of carbonyl (C=O) groups is 1. The van der Waals surface area contributed by atoms with Crippen molar-refractivity contribution in [2.24, 2.45) is 0 Å². The number of hydrogen-bond donors (Lipinski definition) is 4. The van der Waals surface area contributed by atoms with E-state index in [1.165, 1.54) is 36.0 Å². The highest BCUT2D eigenvalue weighted by Gasteiger charge is 2.47. The molecule has 2 aromatic heterocycles. The SMILES string of the molecule is CO[C@](C#N)(COP(=O)(N[C@@H](C)C(=O)OC1CCCCCC1)Oc1ccccc1)[C@@H](O)[C@@H](O)c1ccc2c(N)ncnn12. The molecule has 0 aliphatic heterocycles. The number of aromatic nitrogens is 3. The van der Waals surface area contributed by atoms with Crippen molar-refractivity contribution >= 4 is 25.1 Å². The van der Waals surface area contributed by atoms with Crippen molar-refractivity contribution in [2.45, 2.75) is 75.4 Å². The van der Waals surface area contributed by atoms with E-state index < -0.39 is 44.2 Å². The van der Waals surface area contributed by atoms with Gasteiger partial charge in [-0.05, 0) is 56.9 Å². The number of ether oxygens (including phenoxy) is 2. The molecule has 1 aliphatic carbocycles. The second-order valence-corrected chi connectivity index (χ2v) is 12.1. The van der Waals surface area contributed by atoms with E-state index in [9.17, 15) is 24.8 Å². The third kappa shape index (κ3) is 7.69. The summed E-state index contributed by atoms with van der Waals surface area (Å²) in [6.07, 6.45) is 2.86. The zero-order chi connectivity index (χ0) is 31.0. The molecule has 0 bridgehead atoms. The van der Waals surface area contributed by atoms with E-state index in [1.54, 1.807) is 24.3 Å². The van der Waals surface area contributed by atoms with Crippen molar-refractivity contribution in [1.82, 2.24) is 19.7 Å². The van der Waals surface area contributed by atoms with Gasteiger partial charge in [-0.2, -0.15) is 15.4 Å². The normalized spacial score (nSPS) is 19.2. The Morgan fingerprint density at radius 3 is 2.56 bits per heavy atom. The fourth-order valence-electron chi connectivity index (χ4n) is 4.83. The Morgan fingerprint density at radius 2 is 1.91 bits per heavy atom. The number of carbonyl (C=O) groups excluding carboxylic acids is 1. The number of anilines is 1. The molecule has 5 atom stereocenters. The zero-order valence-electron chi connectivity index (χ0n) is 24.0. The zero-order valence-corrected chi connectivity index (χ0v) is 24.9. The van der Waals surface area contributed by atoms with Gasteiger partial charge in [-0.3, -0.25) is 9.32 Å². The molecular weight excluding hydrogens is 579 g/mol.